The predicted octanol–water partition coefficient (Wildman–Crippen LogP) is 3.42. The number of hydrogen-bond donors (Lipinski definition) is 0. The molecule has 0 saturated heterocycles. The van der Waals surface area contributed by atoms with Crippen molar-refractivity contribution in [2.75, 3.05) is 0 Å². The number of fused-ring (bicyclic) bond motifs is 1. The quantitative estimate of drug-likeness (QED) is 0.548. The number of nitro benzene ring substituents is 1. The van der Waals surface area contributed by atoms with E-state index in [2.05, 4.69) is 18.9 Å². The summed E-state index contributed by atoms with van der Waals surface area (Å²) in [6.07, 6.45) is 1.54. The first-order chi connectivity index (χ1) is 11.0. The second-order valence-corrected chi connectivity index (χ2v) is 5.64. The number of aromatic nitrogens is 2. The highest BCUT2D eigenvalue weighted by molar-refractivity contribution is 5.83. The highest BCUT2D eigenvalue weighted by Crippen LogP contribution is 2.19. The second-order valence-electron chi connectivity index (χ2n) is 5.64. The molecule has 0 saturated carbocycles. The molecule has 3 aromatic rings. The van der Waals surface area contributed by atoms with Crippen LogP contribution in [0.2, 0.25) is 0 Å². The van der Waals surface area contributed by atoms with E-state index < -0.39 is 4.92 Å². The first-order valence-electron chi connectivity index (χ1n) is 7.24. The molecule has 2 aromatic carbocycles. The first-order valence-corrected chi connectivity index (χ1v) is 7.24. The lowest BCUT2D eigenvalue weighted by molar-refractivity contribution is -0.384. The van der Waals surface area contributed by atoms with Gasteiger partial charge in [0.2, 0.25) is 0 Å². The lowest BCUT2D eigenvalue weighted by atomic mass is 10.0. The molecule has 0 N–H and O–H groups in total. The Morgan fingerprint density at radius 2 is 1.83 bits per heavy atom. The Morgan fingerprint density at radius 3 is 2.43 bits per heavy atom. The number of non-ortho nitro benzene ring substituents is 1. The van der Waals surface area contributed by atoms with Crippen LogP contribution in [0.15, 0.2) is 53.5 Å². The molecule has 23 heavy (non-hydrogen) atoms. The van der Waals surface area contributed by atoms with Crippen molar-refractivity contribution in [3.05, 3.63) is 74.7 Å². The number of nitro groups is 1. The van der Waals surface area contributed by atoms with E-state index in [1.54, 1.807) is 0 Å². The third-order valence-electron chi connectivity index (χ3n) is 3.79. The molecule has 0 amide bonds. The van der Waals surface area contributed by atoms with Gasteiger partial charge in [-0.1, -0.05) is 26.0 Å². The van der Waals surface area contributed by atoms with Gasteiger partial charge in [0, 0.05) is 17.5 Å². The zero-order valence-corrected chi connectivity index (χ0v) is 12.8. The largest absolute Gasteiger partial charge is 0.279 e. The van der Waals surface area contributed by atoms with Gasteiger partial charge in [0.05, 0.1) is 22.2 Å². The van der Waals surface area contributed by atoms with Gasteiger partial charge in [0.15, 0.2) is 0 Å². The molecule has 0 radical (unpaired) electrons. The summed E-state index contributed by atoms with van der Waals surface area (Å²) in [5.74, 6) is 0.396. The topological polar surface area (TPSA) is 78.0 Å². The van der Waals surface area contributed by atoms with E-state index in [1.807, 2.05) is 24.3 Å². The fourth-order valence-electron chi connectivity index (χ4n) is 2.43. The van der Waals surface area contributed by atoms with Crippen molar-refractivity contribution in [3.63, 3.8) is 0 Å². The summed E-state index contributed by atoms with van der Waals surface area (Å²) in [4.78, 5) is 23.0. The van der Waals surface area contributed by atoms with Crippen molar-refractivity contribution in [2.45, 2.75) is 19.8 Å². The summed E-state index contributed by atoms with van der Waals surface area (Å²) in [5.41, 5.74) is 1.32. The maximum atomic E-state index is 12.6. The Morgan fingerprint density at radius 1 is 1.13 bits per heavy atom. The summed E-state index contributed by atoms with van der Waals surface area (Å²) in [6, 6.07) is 11.7. The number of hydrogen-bond acceptors (Lipinski definition) is 4. The maximum Gasteiger partial charge on any atom is 0.279 e. The minimum absolute atomic E-state index is 0.109. The van der Waals surface area contributed by atoms with Crippen LogP contribution in [-0.4, -0.2) is 14.7 Å². The van der Waals surface area contributed by atoms with Gasteiger partial charge < -0.3 is 0 Å². The van der Waals surface area contributed by atoms with Gasteiger partial charge in [-0.05, 0) is 29.7 Å². The van der Waals surface area contributed by atoms with Crippen LogP contribution in [0.25, 0.3) is 16.5 Å². The van der Waals surface area contributed by atoms with Crippen LogP contribution in [0.1, 0.15) is 25.3 Å². The van der Waals surface area contributed by atoms with Gasteiger partial charge in [0.1, 0.15) is 0 Å². The molecule has 6 heteroatoms. The van der Waals surface area contributed by atoms with E-state index in [0.717, 1.165) is 0 Å². The number of nitrogens with zero attached hydrogens (tertiary/aromatic N) is 3. The SMILES string of the molecule is CC(C)c1ccc(-n2ncc3ccc([N+](=O)[O-])cc3c2=O)cc1. The van der Waals surface area contributed by atoms with Crippen LogP contribution in [0.5, 0.6) is 0 Å². The van der Waals surface area contributed by atoms with Crippen molar-refractivity contribution < 1.29 is 4.92 Å². The summed E-state index contributed by atoms with van der Waals surface area (Å²) in [7, 11) is 0. The molecule has 0 aliphatic carbocycles. The highest BCUT2D eigenvalue weighted by atomic mass is 16.6. The molecule has 1 aromatic heterocycles. The second kappa shape index (κ2) is 5.64. The van der Waals surface area contributed by atoms with Crippen molar-refractivity contribution in [1.29, 1.82) is 0 Å². The van der Waals surface area contributed by atoms with Crippen molar-refractivity contribution in [3.8, 4) is 5.69 Å². The Balaban J connectivity index is 2.16. The Kier molecular flexibility index (Phi) is 3.65. The molecule has 0 bridgehead atoms. The zero-order valence-electron chi connectivity index (χ0n) is 12.8. The van der Waals surface area contributed by atoms with Crippen LogP contribution < -0.4 is 5.56 Å². The third-order valence-corrected chi connectivity index (χ3v) is 3.79. The van der Waals surface area contributed by atoms with Gasteiger partial charge in [-0.15, -0.1) is 0 Å². The van der Waals surface area contributed by atoms with E-state index in [-0.39, 0.29) is 16.6 Å². The third kappa shape index (κ3) is 2.70. The first kappa shape index (κ1) is 14.9. The Bertz CT molecular complexity index is 943. The monoisotopic (exact) mass is 309 g/mol. The van der Waals surface area contributed by atoms with Gasteiger partial charge in [-0.25, -0.2) is 0 Å². The van der Waals surface area contributed by atoms with Gasteiger partial charge >= 0.3 is 0 Å². The molecule has 0 atom stereocenters. The maximum absolute atomic E-state index is 12.6. The molecular weight excluding hydrogens is 294 g/mol. The minimum atomic E-state index is -0.513. The van der Waals surface area contributed by atoms with Crippen molar-refractivity contribution >= 4 is 16.5 Å². The fraction of sp³-hybridized carbons (Fsp3) is 0.176. The zero-order chi connectivity index (χ0) is 16.6. The van der Waals surface area contributed by atoms with E-state index >= 15 is 0 Å². The molecule has 1 heterocycles. The smallest absolute Gasteiger partial charge is 0.267 e. The van der Waals surface area contributed by atoms with Crippen LogP contribution >= 0.6 is 0 Å². The number of benzene rings is 2. The molecule has 0 spiro atoms. The highest BCUT2D eigenvalue weighted by Gasteiger charge is 2.11. The molecule has 0 unspecified atom stereocenters. The van der Waals surface area contributed by atoms with Crippen molar-refractivity contribution in [2.24, 2.45) is 0 Å². The van der Waals surface area contributed by atoms with E-state index in [0.29, 0.717) is 17.0 Å². The summed E-state index contributed by atoms with van der Waals surface area (Å²) >= 11 is 0. The molecular formula is C17H15N3O3. The van der Waals surface area contributed by atoms with Crippen LogP contribution in [0, 0.1) is 10.1 Å². The van der Waals surface area contributed by atoms with Gasteiger partial charge in [-0.2, -0.15) is 9.78 Å². The summed E-state index contributed by atoms with van der Waals surface area (Å²) in [5, 5.41) is 15.9. The van der Waals surface area contributed by atoms with E-state index in [4.69, 9.17) is 0 Å². The minimum Gasteiger partial charge on any atom is -0.267 e. The molecule has 0 fully saturated rings. The Hall–Kier alpha value is -3.02. The van der Waals surface area contributed by atoms with Crippen LogP contribution in [0.3, 0.4) is 0 Å². The molecule has 0 aliphatic rings. The molecule has 3 rings (SSSR count). The lowest BCUT2D eigenvalue weighted by Gasteiger charge is -2.09. The Labute approximate surface area is 132 Å². The average Bonchev–Trinajstić information content (AvgIpc) is 2.55. The summed E-state index contributed by atoms with van der Waals surface area (Å²) in [6.45, 7) is 4.18. The lowest BCUT2D eigenvalue weighted by Crippen LogP contribution is -2.21. The summed E-state index contributed by atoms with van der Waals surface area (Å²) < 4.78 is 1.26. The molecule has 116 valence electrons. The van der Waals surface area contributed by atoms with Gasteiger partial charge in [0.25, 0.3) is 11.2 Å². The van der Waals surface area contributed by atoms with Crippen LogP contribution in [0.4, 0.5) is 5.69 Å². The van der Waals surface area contributed by atoms with E-state index in [1.165, 1.54) is 34.6 Å². The van der Waals surface area contributed by atoms with Crippen LogP contribution in [-0.2, 0) is 0 Å². The normalized spacial score (nSPS) is 11.1. The fourth-order valence-corrected chi connectivity index (χ4v) is 2.43. The number of rotatable bonds is 3. The van der Waals surface area contributed by atoms with Crippen molar-refractivity contribution in [1.82, 2.24) is 9.78 Å². The average molecular weight is 309 g/mol. The predicted molar refractivity (Wildman–Crippen MR) is 88.1 cm³/mol. The standard InChI is InChI=1S/C17H15N3O3/c1-11(2)12-3-6-14(7-4-12)19-17(21)16-9-15(20(22)23)8-5-13(16)10-18-19/h3-11H,1-2H3. The molecule has 0 aliphatic heterocycles. The molecule has 6 nitrogen and oxygen atoms in total. The van der Waals surface area contributed by atoms with Gasteiger partial charge in [-0.3, -0.25) is 14.9 Å². The van der Waals surface area contributed by atoms with E-state index in [9.17, 15) is 14.9 Å².